The minimum absolute atomic E-state index is 0.0137. The average Bonchev–Trinajstić information content (AvgIpc) is 3.04. The van der Waals surface area contributed by atoms with Crippen molar-refractivity contribution in [3.05, 3.63) is 83.4 Å². The SMILES string of the molecule is Cc1ccccc1S(=O)(=O)N(C)C[C@@H]1Oc2ccc(NC(=O)Nc3ccc(C#N)cc3)cc2CC(=O)N([C@@H](C)CO)C[C@@H]1C. The molecule has 1 aliphatic heterocycles. The van der Waals surface area contributed by atoms with Gasteiger partial charge in [-0.2, -0.15) is 9.57 Å². The molecule has 44 heavy (non-hydrogen) atoms. The van der Waals surface area contributed by atoms with Gasteiger partial charge >= 0.3 is 6.03 Å². The third-order valence-corrected chi connectivity index (χ3v) is 9.65. The second-order valence-electron chi connectivity index (χ2n) is 11.0. The molecule has 0 spiro atoms. The number of benzene rings is 3. The number of hydrogen-bond acceptors (Lipinski definition) is 7. The first kappa shape index (κ1) is 32.5. The number of hydrogen-bond donors (Lipinski definition) is 3. The summed E-state index contributed by atoms with van der Waals surface area (Å²) in [5.41, 5.74) is 2.51. The third kappa shape index (κ3) is 7.55. The van der Waals surface area contributed by atoms with Crippen LogP contribution in [0.4, 0.5) is 16.2 Å². The van der Waals surface area contributed by atoms with Crippen LogP contribution in [0.5, 0.6) is 5.75 Å². The summed E-state index contributed by atoms with van der Waals surface area (Å²) in [6.07, 6.45) is -0.696. The van der Waals surface area contributed by atoms with Gasteiger partial charge in [-0.3, -0.25) is 4.79 Å². The number of aliphatic hydroxyl groups is 1. The Morgan fingerprint density at radius 2 is 1.80 bits per heavy atom. The summed E-state index contributed by atoms with van der Waals surface area (Å²) in [7, 11) is -2.33. The highest BCUT2D eigenvalue weighted by Gasteiger charge is 2.33. The number of rotatable bonds is 8. The Balaban J connectivity index is 1.61. The summed E-state index contributed by atoms with van der Waals surface area (Å²) in [6.45, 7) is 5.40. The van der Waals surface area contributed by atoms with Gasteiger partial charge in [0, 0.05) is 36.4 Å². The maximum Gasteiger partial charge on any atom is 0.323 e. The lowest BCUT2D eigenvalue weighted by Crippen LogP contribution is -2.48. The van der Waals surface area contributed by atoms with Gasteiger partial charge in [0.1, 0.15) is 11.9 Å². The lowest BCUT2D eigenvalue weighted by atomic mass is 10.0. The fourth-order valence-electron chi connectivity index (χ4n) is 5.01. The molecule has 0 saturated carbocycles. The summed E-state index contributed by atoms with van der Waals surface area (Å²) < 4.78 is 34.7. The van der Waals surface area contributed by atoms with Gasteiger partial charge in [-0.1, -0.05) is 25.1 Å². The first-order valence-corrected chi connectivity index (χ1v) is 15.7. The van der Waals surface area contributed by atoms with Crippen LogP contribution in [0.3, 0.4) is 0 Å². The highest BCUT2D eigenvalue weighted by molar-refractivity contribution is 7.89. The van der Waals surface area contributed by atoms with Gasteiger partial charge in [-0.05, 0) is 67.9 Å². The van der Waals surface area contributed by atoms with E-state index in [0.717, 1.165) is 0 Å². The van der Waals surface area contributed by atoms with E-state index in [4.69, 9.17) is 10.00 Å². The zero-order chi connectivity index (χ0) is 32.0. The van der Waals surface area contributed by atoms with Crippen LogP contribution in [0, 0.1) is 24.2 Å². The van der Waals surface area contributed by atoms with Crippen LogP contribution in [0.15, 0.2) is 71.6 Å². The van der Waals surface area contributed by atoms with E-state index in [0.29, 0.717) is 33.8 Å². The summed E-state index contributed by atoms with van der Waals surface area (Å²) >= 11 is 0. The molecular formula is C32H37N5O6S. The van der Waals surface area contributed by atoms with Gasteiger partial charge in [0.15, 0.2) is 0 Å². The molecule has 4 rings (SSSR count). The standard InChI is InChI=1S/C32H37N5O6S/c1-21-7-5-6-8-30(21)44(41,42)36(4)19-29-22(2)18-37(23(3)20-38)31(39)16-25-15-27(13-14-28(25)43-29)35-32(40)34-26-11-9-24(17-33)10-12-26/h5-15,22-23,29,38H,16,18-20H2,1-4H3,(H2,34,35,40)/t22-,23-,29-/m0/s1. The molecule has 3 N–H and O–H groups in total. The average molecular weight is 620 g/mol. The van der Waals surface area contributed by atoms with E-state index in [1.807, 2.05) is 13.0 Å². The number of ether oxygens (including phenoxy) is 1. The van der Waals surface area contributed by atoms with E-state index in [2.05, 4.69) is 10.6 Å². The molecule has 12 heteroatoms. The van der Waals surface area contributed by atoms with Crippen molar-refractivity contribution in [2.75, 3.05) is 37.4 Å². The second-order valence-corrected chi connectivity index (χ2v) is 13.0. The maximum atomic E-state index is 13.5. The van der Waals surface area contributed by atoms with Crippen LogP contribution in [0.1, 0.15) is 30.5 Å². The molecule has 232 valence electrons. The molecule has 0 fully saturated rings. The number of urea groups is 1. The van der Waals surface area contributed by atoms with Crippen molar-refractivity contribution in [3.63, 3.8) is 0 Å². The van der Waals surface area contributed by atoms with E-state index in [-0.39, 0.29) is 42.8 Å². The van der Waals surface area contributed by atoms with Crippen molar-refractivity contribution in [2.24, 2.45) is 5.92 Å². The molecular weight excluding hydrogens is 582 g/mol. The normalized spacial score (nSPS) is 17.8. The topological polar surface area (TPSA) is 152 Å². The number of nitrogens with one attached hydrogen (secondary N) is 2. The zero-order valence-electron chi connectivity index (χ0n) is 25.1. The lowest BCUT2D eigenvalue weighted by Gasteiger charge is -2.34. The number of carbonyl (C=O) groups is 2. The van der Waals surface area contributed by atoms with Crippen LogP contribution in [0.25, 0.3) is 0 Å². The van der Waals surface area contributed by atoms with Crippen LogP contribution in [-0.4, -0.2) is 73.6 Å². The van der Waals surface area contributed by atoms with E-state index >= 15 is 0 Å². The Bertz CT molecular complexity index is 1650. The molecule has 0 unspecified atom stereocenters. The molecule has 1 heterocycles. The number of likely N-dealkylation sites (N-methyl/N-ethyl adjacent to an activating group) is 1. The van der Waals surface area contributed by atoms with E-state index in [9.17, 15) is 23.1 Å². The number of nitriles is 1. The molecule has 11 nitrogen and oxygen atoms in total. The molecule has 0 radical (unpaired) electrons. The van der Waals surface area contributed by atoms with E-state index < -0.39 is 28.2 Å². The molecule has 3 aromatic carbocycles. The number of aliphatic hydroxyl groups excluding tert-OH is 1. The highest BCUT2D eigenvalue weighted by Crippen LogP contribution is 2.30. The highest BCUT2D eigenvalue weighted by atomic mass is 32.2. The minimum Gasteiger partial charge on any atom is -0.488 e. The molecule has 0 aromatic heterocycles. The Hall–Kier alpha value is -4.44. The van der Waals surface area contributed by atoms with Gasteiger partial charge in [0.05, 0.1) is 42.1 Å². The van der Waals surface area contributed by atoms with Crippen molar-refractivity contribution < 1.29 is 27.9 Å². The van der Waals surface area contributed by atoms with Crippen molar-refractivity contribution in [1.29, 1.82) is 5.26 Å². The molecule has 3 amide bonds. The Morgan fingerprint density at radius 3 is 2.45 bits per heavy atom. The number of carbonyl (C=O) groups excluding carboxylic acids is 2. The van der Waals surface area contributed by atoms with Gasteiger partial charge < -0.3 is 25.4 Å². The Kier molecular flexibility index (Phi) is 10.3. The number of anilines is 2. The molecule has 0 bridgehead atoms. The lowest BCUT2D eigenvalue weighted by molar-refractivity contribution is -0.134. The second kappa shape index (κ2) is 13.9. The first-order chi connectivity index (χ1) is 20.9. The summed E-state index contributed by atoms with van der Waals surface area (Å²) in [5, 5.41) is 24.3. The predicted molar refractivity (Wildman–Crippen MR) is 167 cm³/mol. The van der Waals surface area contributed by atoms with Crippen molar-refractivity contribution in [3.8, 4) is 11.8 Å². The van der Waals surface area contributed by atoms with E-state index in [1.54, 1.807) is 85.5 Å². The summed E-state index contributed by atoms with van der Waals surface area (Å²) in [5.74, 6) is -0.137. The summed E-state index contributed by atoms with van der Waals surface area (Å²) in [4.78, 5) is 28.0. The van der Waals surface area contributed by atoms with Gasteiger partial charge in [-0.15, -0.1) is 0 Å². The fraction of sp³-hybridized carbons (Fsp3) is 0.344. The molecule has 3 aromatic rings. The number of aryl methyl sites for hydroxylation is 1. The van der Waals surface area contributed by atoms with Crippen molar-refractivity contribution in [1.82, 2.24) is 9.21 Å². The zero-order valence-corrected chi connectivity index (χ0v) is 26.0. The largest absolute Gasteiger partial charge is 0.488 e. The molecule has 3 atom stereocenters. The maximum absolute atomic E-state index is 13.5. The quantitative estimate of drug-likeness (QED) is 0.345. The van der Waals surface area contributed by atoms with Crippen LogP contribution >= 0.6 is 0 Å². The van der Waals surface area contributed by atoms with E-state index in [1.165, 1.54) is 11.4 Å². The summed E-state index contributed by atoms with van der Waals surface area (Å²) in [6, 6.07) is 19.2. The Labute approximate surface area is 258 Å². The van der Waals surface area contributed by atoms with Crippen LogP contribution in [-0.2, 0) is 21.2 Å². The fourth-order valence-corrected chi connectivity index (χ4v) is 6.42. The predicted octanol–water partition coefficient (Wildman–Crippen LogP) is 3.98. The number of sulfonamides is 1. The number of nitrogens with zero attached hydrogens (tertiary/aromatic N) is 3. The molecule has 0 saturated heterocycles. The number of fused-ring (bicyclic) bond motifs is 1. The van der Waals surface area contributed by atoms with Gasteiger partial charge in [0.2, 0.25) is 15.9 Å². The van der Waals surface area contributed by atoms with Crippen LogP contribution < -0.4 is 15.4 Å². The molecule has 0 aliphatic carbocycles. The van der Waals surface area contributed by atoms with Crippen LogP contribution in [0.2, 0.25) is 0 Å². The third-order valence-electron chi connectivity index (χ3n) is 7.67. The Morgan fingerprint density at radius 1 is 1.14 bits per heavy atom. The molecule has 1 aliphatic rings. The minimum atomic E-state index is -3.83. The smallest absolute Gasteiger partial charge is 0.323 e. The first-order valence-electron chi connectivity index (χ1n) is 14.2. The monoisotopic (exact) mass is 619 g/mol. The van der Waals surface area contributed by atoms with Gasteiger partial charge in [-0.25, -0.2) is 13.2 Å². The number of amides is 3. The van der Waals surface area contributed by atoms with Gasteiger partial charge in [0.25, 0.3) is 0 Å². The van der Waals surface area contributed by atoms with Crippen molar-refractivity contribution in [2.45, 2.75) is 44.2 Å². The van der Waals surface area contributed by atoms with Crippen molar-refractivity contribution >= 4 is 33.3 Å².